The Hall–Kier alpha value is -3.19. The molecular weight excluding hydrogens is 370 g/mol. The Balaban J connectivity index is 1.41. The van der Waals surface area contributed by atoms with Crippen LogP contribution in [0.3, 0.4) is 0 Å². The molecule has 0 bridgehead atoms. The number of amides is 2. The summed E-state index contributed by atoms with van der Waals surface area (Å²) in [6.07, 6.45) is 0.227. The lowest BCUT2D eigenvalue weighted by molar-refractivity contribution is -0.915. The first-order valence-electron chi connectivity index (χ1n) is 9.83. The summed E-state index contributed by atoms with van der Waals surface area (Å²) in [5, 5.41) is 0. The van der Waals surface area contributed by atoms with Crippen LogP contribution in [-0.4, -0.2) is 50.0 Å². The fourth-order valence-corrected chi connectivity index (χ4v) is 4.09. The molecule has 2 aromatic rings. The van der Waals surface area contributed by atoms with Crippen molar-refractivity contribution in [1.82, 2.24) is 0 Å². The number of carbonyl (C=O) groups is 3. The summed E-state index contributed by atoms with van der Waals surface area (Å²) in [5.41, 5.74) is 1.70. The van der Waals surface area contributed by atoms with Gasteiger partial charge in [0.2, 0.25) is 5.91 Å². The Morgan fingerprint density at radius 1 is 0.966 bits per heavy atom. The predicted molar refractivity (Wildman–Crippen MR) is 108 cm³/mol. The number of imide groups is 1. The molecule has 2 aromatic carbocycles. The van der Waals surface area contributed by atoms with Crippen LogP contribution in [0.1, 0.15) is 13.3 Å². The monoisotopic (exact) mass is 394 g/mol. The highest BCUT2D eigenvalue weighted by molar-refractivity contribution is 6.21. The Bertz CT molecular complexity index is 905. The van der Waals surface area contributed by atoms with E-state index in [4.69, 9.17) is 4.74 Å². The number of carbonyl (C=O) groups excluding carboxylic acids is 3. The SMILES string of the molecule is CC(=O)Oc1ccc(N2C(=O)C[C@H]([NH+]3CCN(c4ccccc4)CC3)C2=O)cc1. The first kappa shape index (κ1) is 19.1. The van der Waals surface area contributed by atoms with Crippen molar-refractivity contribution in [3.63, 3.8) is 0 Å². The molecule has 4 rings (SSSR count). The number of hydrogen-bond donors (Lipinski definition) is 1. The fourth-order valence-electron chi connectivity index (χ4n) is 4.09. The molecule has 7 heteroatoms. The molecular formula is C22H24N3O4+. The maximum atomic E-state index is 13.0. The van der Waals surface area contributed by atoms with Crippen LogP contribution in [0.4, 0.5) is 11.4 Å². The zero-order valence-electron chi connectivity index (χ0n) is 16.3. The summed E-state index contributed by atoms with van der Waals surface area (Å²) >= 11 is 0. The number of quaternary nitrogens is 1. The van der Waals surface area contributed by atoms with Crippen molar-refractivity contribution in [3.8, 4) is 5.75 Å². The Kier molecular flexibility index (Phi) is 5.31. The molecule has 0 radical (unpaired) electrons. The molecule has 29 heavy (non-hydrogen) atoms. The Morgan fingerprint density at radius 3 is 2.24 bits per heavy atom. The minimum absolute atomic E-state index is 0.154. The molecule has 2 saturated heterocycles. The maximum absolute atomic E-state index is 13.0. The molecule has 2 fully saturated rings. The Labute approximate surface area is 169 Å². The van der Waals surface area contributed by atoms with Gasteiger partial charge in [0.1, 0.15) is 5.75 Å². The molecule has 150 valence electrons. The van der Waals surface area contributed by atoms with E-state index in [1.807, 2.05) is 18.2 Å². The van der Waals surface area contributed by atoms with Crippen molar-refractivity contribution in [1.29, 1.82) is 0 Å². The molecule has 1 N–H and O–H groups in total. The van der Waals surface area contributed by atoms with Crippen LogP contribution in [0, 0.1) is 0 Å². The van der Waals surface area contributed by atoms with E-state index in [9.17, 15) is 14.4 Å². The van der Waals surface area contributed by atoms with Gasteiger partial charge < -0.3 is 14.5 Å². The van der Waals surface area contributed by atoms with E-state index in [2.05, 4.69) is 17.0 Å². The summed E-state index contributed by atoms with van der Waals surface area (Å²) in [4.78, 5) is 41.4. The summed E-state index contributed by atoms with van der Waals surface area (Å²) in [5.74, 6) is -0.361. The molecule has 2 aliphatic heterocycles. The number of para-hydroxylation sites is 1. The molecule has 0 unspecified atom stereocenters. The molecule has 7 nitrogen and oxygen atoms in total. The van der Waals surface area contributed by atoms with Gasteiger partial charge in [0.15, 0.2) is 6.04 Å². The van der Waals surface area contributed by atoms with Gasteiger partial charge in [0.25, 0.3) is 5.91 Å². The number of piperazine rings is 1. The van der Waals surface area contributed by atoms with Gasteiger partial charge in [-0.3, -0.25) is 14.4 Å². The van der Waals surface area contributed by atoms with Crippen LogP contribution >= 0.6 is 0 Å². The number of anilines is 2. The second kappa shape index (κ2) is 8.05. The zero-order chi connectivity index (χ0) is 20.4. The number of nitrogens with zero attached hydrogens (tertiary/aromatic N) is 2. The lowest BCUT2D eigenvalue weighted by Crippen LogP contribution is -3.19. The maximum Gasteiger partial charge on any atom is 0.308 e. The average Bonchev–Trinajstić information content (AvgIpc) is 3.03. The molecule has 1 atom stereocenters. The molecule has 2 heterocycles. The minimum atomic E-state index is -0.413. The third-order valence-electron chi connectivity index (χ3n) is 5.52. The molecule has 0 aliphatic carbocycles. The second-order valence-electron chi connectivity index (χ2n) is 7.39. The highest BCUT2D eigenvalue weighted by atomic mass is 16.5. The van der Waals surface area contributed by atoms with Gasteiger partial charge in [0, 0.05) is 12.6 Å². The van der Waals surface area contributed by atoms with E-state index in [-0.39, 0.29) is 24.3 Å². The van der Waals surface area contributed by atoms with Crippen LogP contribution in [0.25, 0.3) is 0 Å². The van der Waals surface area contributed by atoms with E-state index in [1.54, 1.807) is 24.3 Å². The lowest BCUT2D eigenvalue weighted by atomic mass is 10.1. The normalized spacial score (nSPS) is 20.2. The summed E-state index contributed by atoms with van der Waals surface area (Å²) < 4.78 is 5.01. The van der Waals surface area contributed by atoms with Crippen LogP contribution in [0.15, 0.2) is 54.6 Å². The van der Waals surface area contributed by atoms with E-state index in [1.165, 1.54) is 17.5 Å². The van der Waals surface area contributed by atoms with Crippen LogP contribution < -0.4 is 19.4 Å². The van der Waals surface area contributed by atoms with E-state index >= 15 is 0 Å². The summed E-state index contributed by atoms with van der Waals surface area (Å²) in [7, 11) is 0. The van der Waals surface area contributed by atoms with Crippen molar-refractivity contribution >= 4 is 29.2 Å². The van der Waals surface area contributed by atoms with E-state index in [0.717, 1.165) is 31.1 Å². The van der Waals surface area contributed by atoms with Crippen molar-refractivity contribution < 1.29 is 24.0 Å². The first-order valence-corrected chi connectivity index (χ1v) is 9.83. The van der Waals surface area contributed by atoms with Gasteiger partial charge in [0.05, 0.1) is 38.3 Å². The van der Waals surface area contributed by atoms with Gasteiger partial charge in [-0.05, 0) is 36.4 Å². The van der Waals surface area contributed by atoms with Crippen molar-refractivity contribution in [2.24, 2.45) is 0 Å². The summed E-state index contributed by atoms with van der Waals surface area (Å²) in [6.45, 7) is 4.67. The topological polar surface area (TPSA) is 71.4 Å². The van der Waals surface area contributed by atoms with Crippen LogP contribution in [-0.2, 0) is 14.4 Å². The van der Waals surface area contributed by atoms with Crippen molar-refractivity contribution in [2.45, 2.75) is 19.4 Å². The molecule has 0 aromatic heterocycles. The van der Waals surface area contributed by atoms with Crippen molar-refractivity contribution in [2.75, 3.05) is 36.0 Å². The highest BCUT2D eigenvalue weighted by Crippen LogP contribution is 2.25. The lowest BCUT2D eigenvalue weighted by Gasteiger charge is -2.35. The molecule has 2 aliphatic rings. The summed E-state index contributed by atoms with van der Waals surface area (Å²) in [6, 6.07) is 16.4. The van der Waals surface area contributed by atoms with Crippen molar-refractivity contribution in [3.05, 3.63) is 54.6 Å². The number of esters is 1. The molecule has 0 spiro atoms. The zero-order valence-corrected chi connectivity index (χ0v) is 16.3. The van der Waals surface area contributed by atoms with Gasteiger partial charge in [-0.25, -0.2) is 4.90 Å². The largest absolute Gasteiger partial charge is 0.427 e. The molecule has 0 saturated carbocycles. The number of hydrogen-bond acceptors (Lipinski definition) is 5. The number of ether oxygens (including phenoxy) is 1. The van der Waals surface area contributed by atoms with Gasteiger partial charge in [-0.1, -0.05) is 18.2 Å². The first-order chi connectivity index (χ1) is 14.0. The quantitative estimate of drug-likeness (QED) is 0.468. The number of rotatable bonds is 4. The fraction of sp³-hybridized carbons (Fsp3) is 0.318. The third-order valence-corrected chi connectivity index (χ3v) is 5.52. The number of benzene rings is 2. The smallest absolute Gasteiger partial charge is 0.308 e. The molecule has 2 amide bonds. The van der Waals surface area contributed by atoms with E-state index < -0.39 is 5.97 Å². The minimum Gasteiger partial charge on any atom is -0.427 e. The average molecular weight is 394 g/mol. The highest BCUT2D eigenvalue weighted by Gasteiger charge is 2.46. The van der Waals surface area contributed by atoms with Gasteiger partial charge in [-0.15, -0.1) is 0 Å². The third kappa shape index (κ3) is 4.00. The van der Waals surface area contributed by atoms with E-state index in [0.29, 0.717) is 11.4 Å². The van der Waals surface area contributed by atoms with Crippen LogP contribution in [0.2, 0.25) is 0 Å². The van der Waals surface area contributed by atoms with Gasteiger partial charge >= 0.3 is 5.97 Å². The van der Waals surface area contributed by atoms with Gasteiger partial charge in [-0.2, -0.15) is 0 Å². The Morgan fingerprint density at radius 2 is 1.62 bits per heavy atom. The van der Waals surface area contributed by atoms with Crippen LogP contribution in [0.5, 0.6) is 5.75 Å². The standard InChI is InChI=1S/C22H23N3O4/c1-16(26)29-19-9-7-18(8-10-19)25-21(27)15-20(22(25)28)24-13-11-23(12-14-24)17-5-3-2-4-6-17/h2-10,20H,11-15H2,1H3/p+1/t20-/m0/s1. The second-order valence-corrected chi connectivity index (χ2v) is 7.39. The predicted octanol–water partition coefficient (Wildman–Crippen LogP) is 0.649. The number of nitrogens with one attached hydrogen (secondary N) is 1.